The van der Waals surface area contributed by atoms with Crippen molar-refractivity contribution in [3.05, 3.63) is 47.5 Å². The molecule has 1 aromatic carbocycles. The highest BCUT2D eigenvalue weighted by Crippen LogP contribution is 2.10. The first-order valence-electron chi connectivity index (χ1n) is 9.09. The molecule has 150 valence electrons. The van der Waals surface area contributed by atoms with Crippen molar-refractivity contribution in [2.45, 2.75) is 6.92 Å². The summed E-state index contributed by atoms with van der Waals surface area (Å²) in [6.45, 7) is 5.41. The third kappa shape index (κ3) is 5.61. The second-order valence-electron chi connectivity index (χ2n) is 6.56. The molecule has 0 spiro atoms. The first-order chi connectivity index (χ1) is 13.5. The molecule has 2 amide bonds. The fourth-order valence-electron chi connectivity index (χ4n) is 2.90. The Kier molecular flexibility index (Phi) is 6.72. The lowest BCUT2D eigenvalue weighted by Crippen LogP contribution is -2.45. The topological polar surface area (TPSA) is 87.9 Å². The zero-order valence-corrected chi connectivity index (χ0v) is 15.7. The van der Waals surface area contributed by atoms with Crippen LogP contribution < -0.4 is 5.32 Å². The van der Waals surface area contributed by atoms with Crippen molar-refractivity contribution < 1.29 is 23.2 Å². The van der Waals surface area contributed by atoms with E-state index in [-0.39, 0.29) is 18.4 Å². The van der Waals surface area contributed by atoms with Crippen LogP contribution in [0.5, 0.6) is 0 Å². The van der Waals surface area contributed by atoms with Gasteiger partial charge < -0.3 is 19.5 Å². The normalized spacial score (nSPS) is 14.6. The van der Waals surface area contributed by atoms with Crippen LogP contribution in [0.15, 0.2) is 34.9 Å². The van der Waals surface area contributed by atoms with Crippen molar-refractivity contribution in [1.82, 2.24) is 15.0 Å². The molecule has 1 aliphatic heterocycles. The molecule has 1 aromatic heterocycles. The molecule has 1 aliphatic rings. The number of hydrogen-bond donors (Lipinski definition) is 1. The van der Waals surface area contributed by atoms with E-state index in [1.807, 2.05) is 0 Å². The summed E-state index contributed by atoms with van der Waals surface area (Å²) in [5, 5.41) is 6.34. The van der Waals surface area contributed by atoms with Gasteiger partial charge in [-0.1, -0.05) is 5.16 Å². The molecular weight excluding hydrogens is 367 g/mol. The van der Waals surface area contributed by atoms with Gasteiger partial charge >= 0.3 is 0 Å². The van der Waals surface area contributed by atoms with Crippen molar-refractivity contribution in [3.8, 4) is 0 Å². The van der Waals surface area contributed by atoms with Crippen LogP contribution >= 0.6 is 0 Å². The summed E-state index contributed by atoms with van der Waals surface area (Å²) in [5.41, 5.74) is 0.327. The quantitative estimate of drug-likeness (QED) is 0.772. The number of ether oxygens (including phenoxy) is 1. The van der Waals surface area contributed by atoms with Crippen LogP contribution in [0.25, 0.3) is 0 Å². The Bertz CT molecular complexity index is 803. The van der Waals surface area contributed by atoms with Crippen LogP contribution in [0, 0.1) is 12.7 Å². The monoisotopic (exact) mass is 390 g/mol. The molecule has 3 rings (SSSR count). The van der Waals surface area contributed by atoms with Gasteiger partial charge in [0.25, 0.3) is 5.91 Å². The third-order valence-electron chi connectivity index (χ3n) is 4.40. The van der Waals surface area contributed by atoms with E-state index in [0.717, 1.165) is 13.1 Å². The molecule has 2 aromatic rings. The number of benzene rings is 1. The summed E-state index contributed by atoms with van der Waals surface area (Å²) in [6.07, 6.45) is 0. The largest absolute Gasteiger partial charge is 0.379 e. The number of morpholine rings is 1. The number of hydrogen-bond acceptors (Lipinski definition) is 6. The Balaban J connectivity index is 1.66. The van der Waals surface area contributed by atoms with Crippen LogP contribution in [0.4, 0.5) is 10.2 Å². The number of nitrogens with zero attached hydrogens (tertiary/aromatic N) is 3. The second-order valence-corrected chi connectivity index (χ2v) is 6.56. The number of anilines is 1. The number of halogens is 1. The highest BCUT2D eigenvalue weighted by Gasteiger charge is 2.21. The van der Waals surface area contributed by atoms with Crippen LogP contribution in [-0.4, -0.2) is 72.7 Å². The number of nitrogens with one attached hydrogen (secondary N) is 1. The van der Waals surface area contributed by atoms with E-state index < -0.39 is 5.82 Å². The minimum atomic E-state index is -0.421. The van der Waals surface area contributed by atoms with Gasteiger partial charge in [0, 0.05) is 37.8 Å². The molecule has 0 unspecified atom stereocenters. The summed E-state index contributed by atoms with van der Waals surface area (Å²) < 4.78 is 23.4. The van der Waals surface area contributed by atoms with Gasteiger partial charge in [-0.15, -0.1) is 0 Å². The predicted octanol–water partition coefficient (Wildman–Crippen LogP) is 1.54. The molecule has 8 nitrogen and oxygen atoms in total. The van der Waals surface area contributed by atoms with Crippen LogP contribution in [0.1, 0.15) is 16.1 Å². The molecule has 0 atom stereocenters. The molecular formula is C19H23FN4O4. The van der Waals surface area contributed by atoms with Gasteiger partial charge in [-0.05, 0) is 31.2 Å². The lowest BCUT2D eigenvalue weighted by atomic mass is 10.2. The maximum Gasteiger partial charge on any atom is 0.254 e. The van der Waals surface area contributed by atoms with Crippen LogP contribution in [0.2, 0.25) is 0 Å². The molecule has 0 radical (unpaired) electrons. The lowest BCUT2D eigenvalue weighted by Gasteiger charge is -2.30. The van der Waals surface area contributed by atoms with E-state index in [4.69, 9.17) is 9.26 Å². The third-order valence-corrected chi connectivity index (χ3v) is 4.40. The smallest absolute Gasteiger partial charge is 0.254 e. The van der Waals surface area contributed by atoms with E-state index in [2.05, 4.69) is 15.4 Å². The van der Waals surface area contributed by atoms with Gasteiger partial charge in [-0.25, -0.2) is 4.39 Å². The SMILES string of the molecule is Cc1cc(NC(=O)CN(CCN2CCOCC2)C(=O)c2ccc(F)cc2)no1. The Morgan fingerprint density at radius 2 is 1.96 bits per heavy atom. The van der Waals surface area contributed by atoms with Gasteiger partial charge in [0.15, 0.2) is 5.82 Å². The number of aromatic nitrogens is 1. The Morgan fingerprint density at radius 1 is 1.25 bits per heavy atom. The highest BCUT2D eigenvalue weighted by atomic mass is 19.1. The average molecular weight is 390 g/mol. The summed E-state index contributed by atoms with van der Waals surface area (Å²) in [6, 6.07) is 6.88. The maximum absolute atomic E-state index is 13.2. The van der Waals surface area contributed by atoms with Crippen LogP contribution in [0.3, 0.4) is 0 Å². The van der Waals surface area contributed by atoms with Gasteiger partial charge in [-0.3, -0.25) is 14.5 Å². The number of aryl methyl sites for hydroxylation is 1. The van der Waals surface area contributed by atoms with Crippen molar-refractivity contribution in [2.24, 2.45) is 0 Å². The number of rotatable bonds is 7. The minimum Gasteiger partial charge on any atom is -0.379 e. The average Bonchev–Trinajstić information content (AvgIpc) is 3.10. The van der Waals surface area contributed by atoms with Gasteiger partial charge in [0.1, 0.15) is 18.1 Å². The van der Waals surface area contributed by atoms with Crippen LogP contribution in [-0.2, 0) is 9.53 Å². The molecule has 1 saturated heterocycles. The number of carbonyl (C=O) groups excluding carboxylic acids is 2. The molecule has 1 N–H and O–H groups in total. The maximum atomic E-state index is 13.2. The molecule has 2 heterocycles. The van der Waals surface area contributed by atoms with Gasteiger partial charge in [0.05, 0.1) is 13.2 Å². The number of carbonyl (C=O) groups is 2. The molecule has 9 heteroatoms. The lowest BCUT2D eigenvalue weighted by molar-refractivity contribution is -0.117. The molecule has 0 bridgehead atoms. The fourth-order valence-corrected chi connectivity index (χ4v) is 2.90. The fraction of sp³-hybridized carbons (Fsp3) is 0.421. The Hall–Kier alpha value is -2.78. The zero-order valence-electron chi connectivity index (χ0n) is 15.7. The van der Waals surface area contributed by atoms with Gasteiger partial charge in [-0.2, -0.15) is 0 Å². The van der Waals surface area contributed by atoms with Crippen molar-refractivity contribution >= 4 is 17.6 Å². The zero-order chi connectivity index (χ0) is 19.9. The highest BCUT2D eigenvalue weighted by molar-refractivity contribution is 5.99. The molecule has 0 saturated carbocycles. The summed E-state index contributed by atoms with van der Waals surface area (Å²) in [7, 11) is 0. The van der Waals surface area contributed by atoms with E-state index >= 15 is 0 Å². The van der Waals surface area contributed by atoms with Crippen molar-refractivity contribution in [3.63, 3.8) is 0 Å². The number of amides is 2. The predicted molar refractivity (Wildman–Crippen MR) is 99.4 cm³/mol. The van der Waals surface area contributed by atoms with E-state index in [1.54, 1.807) is 13.0 Å². The minimum absolute atomic E-state index is 0.146. The first-order valence-corrected chi connectivity index (χ1v) is 9.09. The van der Waals surface area contributed by atoms with E-state index in [1.165, 1.54) is 29.2 Å². The standard InChI is InChI=1S/C19H23FN4O4/c1-14-12-17(22-28-14)21-18(25)13-24(7-6-23-8-10-27-11-9-23)19(26)15-2-4-16(20)5-3-15/h2-5,12H,6-11,13H2,1H3,(H,21,22,25). The first kappa shape index (κ1) is 20.0. The summed E-state index contributed by atoms with van der Waals surface area (Å²) in [5.74, 6) is -0.271. The Labute approximate surface area is 162 Å². The summed E-state index contributed by atoms with van der Waals surface area (Å²) >= 11 is 0. The molecule has 0 aliphatic carbocycles. The summed E-state index contributed by atoms with van der Waals surface area (Å²) in [4.78, 5) is 28.9. The van der Waals surface area contributed by atoms with E-state index in [0.29, 0.717) is 43.4 Å². The molecule has 1 fully saturated rings. The second kappa shape index (κ2) is 9.43. The van der Waals surface area contributed by atoms with E-state index in [9.17, 15) is 14.0 Å². The molecule has 28 heavy (non-hydrogen) atoms. The van der Waals surface area contributed by atoms with Gasteiger partial charge in [0.2, 0.25) is 5.91 Å². The Morgan fingerprint density at radius 3 is 2.61 bits per heavy atom. The van der Waals surface area contributed by atoms with Crippen molar-refractivity contribution in [1.29, 1.82) is 0 Å². The van der Waals surface area contributed by atoms with Crippen molar-refractivity contribution in [2.75, 3.05) is 51.3 Å².